The lowest BCUT2D eigenvalue weighted by molar-refractivity contribution is 0.726. The Morgan fingerprint density at radius 2 is 1.70 bits per heavy atom. The average molecular weight is 282 g/mol. The van der Waals surface area contributed by atoms with Crippen LogP contribution in [-0.2, 0) is 6.42 Å². The van der Waals surface area contributed by atoms with Gasteiger partial charge in [0.25, 0.3) is 0 Å². The first-order valence-corrected chi connectivity index (χ1v) is 7.75. The highest BCUT2D eigenvalue weighted by Crippen LogP contribution is 2.26. The van der Waals surface area contributed by atoms with E-state index in [4.69, 9.17) is 0 Å². The summed E-state index contributed by atoms with van der Waals surface area (Å²) in [5, 5.41) is 2.42. The van der Waals surface area contributed by atoms with Crippen molar-refractivity contribution in [3.05, 3.63) is 48.3 Å². The number of benzene rings is 1. The van der Waals surface area contributed by atoms with E-state index in [9.17, 15) is 0 Å². The second kappa shape index (κ2) is 6.23. The number of fused-ring (bicyclic) bond motifs is 3. The molecule has 3 heteroatoms. The number of rotatable bonds is 5. The van der Waals surface area contributed by atoms with Gasteiger partial charge in [-0.2, -0.15) is 12.6 Å². The second-order valence-corrected chi connectivity index (χ2v) is 5.49. The van der Waals surface area contributed by atoms with Crippen LogP contribution in [0, 0.1) is 0 Å². The molecule has 102 valence electrons. The van der Waals surface area contributed by atoms with Gasteiger partial charge < -0.3 is 0 Å². The maximum Gasteiger partial charge on any atom is 0.0967 e. The van der Waals surface area contributed by atoms with E-state index in [1.165, 1.54) is 35.6 Å². The van der Waals surface area contributed by atoms with Gasteiger partial charge in [-0.1, -0.05) is 18.6 Å². The molecule has 0 spiro atoms. The highest BCUT2D eigenvalue weighted by atomic mass is 32.1. The first-order chi connectivity index (χ1) is 9.90. The molecule has 0 unspecified atom stereocenters. The lowest BCUT2D eigenvalue weighted by atomic mass is 9.99. The summed E-state index contributed by atoms with van der Waals surface area (Å²) < 4.78 is 0. The van der Waals surface area contributed by atoms with Crippen LogP contribution in [-0.4, -0.2) is 15.7 Å². The molecular weight excluding hydrogens is 264 g/mol. The highest BCUT2D eigenvalue weighted by molar-refractivity contribution is 7.80. The topological polar surface area (TPSA) is 25.8 Å². The number of pyridine rings is 2. The van der Waals surface area contributed by atoms with Crippen molar-refractivity contribution in [1.29, 1.82) is 0 Å². The van der Waals surface area contributed by atoms with E-state index in [1.54, 1.807) is 0 Å². The minimum Gasteiger partial charge on any atom is -0.254 e. The first kappa shape index (κ1) is 13.4. The fourth-order valence-corrected chi connectivity index (χ4v) is 2.89. The van der Waals surface area contributed by atoms with Crippen LogP contribution < -0.4 is 0 Å². The van der Waals surface area contributed by atoms with E-state index in [0.29, 0.717) is 0 Å². The van der Waals surface area contributed by atoms with Crippen molar-refractivity contribution in [3.63, 3.8) is 0 Å². The maximum atomic E-state index is 4.54. The predicted octanol–water partition coefficient (Wildman–Crippen LogP) is 4.43. The van der Waals surface area contributed by atoms with Gasteiger partial charge in [-0.3, -0.25) is 9.97 Å². The monoisotopic (exact) mass is 282 g/mol. The third-order valence-corrected chi connectivity index (χ3v) is 3.97. The van der Waals surface area contributed by atoms with E-state index in [1.807, 2.05) is 24.5 Å². The Morgan fingerprint density at radius 3 is 2.55 bits per heavy atom. The van der Waals surface area contributed by atoms with Gasteiger partial charge in [0, 0.05) is 23.2 Å². The van der Waals surface area contributed by atoms with Gasteiger partial charge in [0.15, 0.2) is 0 Å². The summed E-state index contributed by atoms with van der Waals surface area (Å²) in [6.07, 6.45) is 8.41. The molecule has 0 atom stereocenters. The van der Waals surface area contributed by atoms with Crippen LogP contribution in [0.3, 0.4) is 0 Å². The van der Waals surface area contributed by atoms with Crippen LogP contribution in [0.5, 0.6) is 0 Å². The van der Waals surface area contributed by atoms with Crippen molar-refractivity contribution in [2.45, 2.75) is 25.7 Å². The molecule has 0 N–H and O–H groups in total. The Hall–Kier alpha value is -1.61. The quantitative estimate of drug-likeness (QED) is 0.426. The molecule has 0 saturated heterocycles. The molecule has 2 heterocycles. The van der Waals surface area contributed by atoms with Gasteiger partial charge in [-0.25, -0.2) is 0 Å². The Bertz CT molecular complexity index is 724. The number of hydrogen-bond acceptors (Lipinski definition) is 3. The number of aromatic nitrogens is 2. The van der Waals surface area contributed by atoms with Crippen LogP contribution in [0.25, 0.3) is 21.8 Å². The summed E-state index contributed by atoms with van der Waals surface area (Å²) in [5.74, 6) is 0.976. The largest absolute Gasteiger partial charge is 0.254 e. The summed E-state index contributed by atoms with van der Waals surface area (Å²) in [6, 6.07) is 10.5. The molecule has 0 amide bonds. The zero-order chi connectivity index (χ0) is 13.8. The van der Waals surface area contributed by atoms with Gasteiger partial charge in [-0.15, -0.1) is 0 Å². The number of unbranched alkanes of at least 4 members (excludes halogenated alkanes) is 2. The van der Waals surface area contributed by atoms with Gasteiger partial charge in [-0.05, 0) is 48.8 Å². The van der Waals surface area contributed by atoms with Crippen LogP contribution in [0.15, 0.2) is 42.7 Å². The van der Waals surface area contributed by atoms with E-state index >= 15 is 0 Å². The van der Waals surface area contributed by atoms with Crippen molar-refractivity contribution in [3.8, 4) is 0 Å². The third-order valence-electron chi connectivity index (χ3n) is 3.65. The maximum absolute atomic E-state index is 4.54. The first-order valence-electron chi connectivity index (χ1n) is 7.12. The van der Waals surface area contributed by atoms with Crippen LogP contribution in [0.4, 0.5) is 0 Å². The summed E-state index contributed by atoms with van der Waals surface area (Å²) in [6.45, 7) is 0. The molecule has 2 nitrogen and oxygen atoms in total. The number of aryl methyl sites for hydroxylation is 1. The zero-order valence-electron chi connectivity index (χ0n) is 11.4. The van der Waals surface area contributed by atoms with E-state index < -0.39 is 0 Å². The molecule has 0 aliphatic rings. The molecule has 0 radical (unpaired) electrons. The van der Waals surface area contributed by atoms with Crippen molar-refractivity contribution in [2.75, 3.05) is 5.75 Å². The number of nitrogens with zero attached hydrogens (tertiary/aromatic N) is 2. The molecule has 0 fully saturated rings. The highest BCUT2D eigenvalue weighted by Gasteiger charge is 2.07. The summed E-state index contributed by atoms with van der Waals surface area (Å²) in [5.41, 5.74) is 3.41. The van der Waals surface area contributed by atoms with Gasteiger partial charge in [0.05, 0.1) is 11.0 Å². The SMILES string of the molecule is SCCCCCc1cc2cccnc2c2ncccc12. The Labute approximate surface area is 124 Å². The number of thiol groups is 1. The molecule has 0 bridgehead atoms. The average Bonchev–Trinajstić information content (AvgIpc) is 2.51. The van der Waals surface area contributed by atoms with Crippen molar-refractivity contribution in [2.24, 2.45) is 0 Å². The Balaban J connectivity index is 2.05. The van der Waals surface area contributed by atoms with Crippen molar-refractivity contribution in [1.82, 2.24) is 9.97 Å². The van der Waals surface area contributed by atoms with Gasteiger partial charge in [0.2, 0.25) is 0 Å². The van der Waals surface area contributed by atoms with Crippen LogP contribution >= 0.6 is 12.6 Å². The smallest absolute Gasteiger partial charge is 0.0967 e. The summed E-state index contributed by atoms with van der Waals surface area (Å²) >= 11 is 4.27. The van der Waals surface area contributed by atoms with Crippen molar-refractivity contribution < 1.29 is 0 Å². The lowest BCUT2D eigenvalue weighted by Crippen LogP contribution is -1.92. The second-order valence-electron chi connectivity index (χ2n) is 5.04. The molecular formula is C17H18N2S. The third kappa shape index (κ3) is 2.63. The molecule has 0 aliphatic heterocycles. The minimum absolute atomic E-state index is 0.976. The zero-order valence-corrected chi connectivity index (χ0v) is 12.3. The summed E-state index contributed by atoms with van der Waals surface area (Å²) in [4.78, 5) is 9.03. The van der Waals surface area contributed by atoms with Gasteiger partial charge in [0.1, 0.15) is 0 Å². The summed E-state index contributed by atoms with van der Waals surface area (Å²) in [7, 11) is 0. The fourth-order valence-electron chi connectivity index (χ4n) is 2.66. The normalized spacial score (nSPS) is 11.2. The van der Waals surface area contributed by atoms with Gasteiger partial charge >= 0.3 is 0 Å². The minimum atomic E-state index is 0.976. The Morgan fingerprint density at radius 1 is 0.900 bits per heavy atom. The molecule has 0 aliphatic carbocycles. The lowest BCUT2D eigenvalue weighted by Gasteiger charge is -2.09. The molecule has 3 rings (SSSR count). The van der Waals surface area contributed by atoms with E-state index in [-0.39, 0.29) is 0 Å². The molecule has 3 aromatic rings. The molecule has 1 aromatic carbocycles. The van der Waals surface area contributed by atoms with E-state index in [2.05, 4.69) is 40.8 Å². The number of hydrogen-bond donors (Lipinski definition) is 1. The molecule has 20 heavy (non-hydrogen) atoms. The van der Waals surface area contributed by atoms with E-state index in [0.717, 1.165) is 23.2 Å². The van der Waals surface area contributed by atoms with Crippen molar-refractivity contribution >= 4 is 34.4 Å². The van der Waals surface area contributed by atoms with Crippen LogP contribution in [0.1, 0.15) is 24.8 Å². The fraction of sp³-hybridized carbons (Fsp3) is 0.294. The molecule has 0 saturated carbocycles. The standard InChI is InChI=1S/C17H18N2S/c20-11-3-1-2-6-13-12-14-7-4-9-18-16(14)17-15(13)8-5-10-19-17/h4-5,7-10,12,20H,1-3,6,11H2. The predicted molar refractivity (Wildman–Crippen MR) is 88.5 cm³/mol. The molecule has 2 aromatic heterocycles. The Kier molecular flexibility index (Phi) is 4.16. The van der Waals surface area contributed by atoms with Crippen LogP contribution in [0.2, 0.25) is 0 Å².